The van der Waals surface area contributed by atoms with Gasteiger partial charge in [0.05, 0.1) is 12.1 Å². The van der Waals surface area contributed by atoms with Crippen LogP contribution in [0.3, 0.4) is 0 Å². The van der Waals surface area contributed by atoms with E-state index in [1.165, 1.54) is 25.7 Å². The normalized spacial score (nSPS) is 23.3. The van der Waals surface area contributed by atoms with E-state index >= 15 is 0 Å². The molecule has 1 aliphatic carbocycles. The Labute approximate surface area is 118 Å². The first kappa shape index (κ1) is 14.4. The van der Waals surface area contributed by atoms with E-state index in [9.17, 15) is 4.79 Å². The molecule has 4 nitrogen and oxygen atoms in total. The van der Waals surface area contributed by atoms with Crippen molar-refractivity contribution in [3.63, 3.8) is 0 Å². The molecule has 1 N–H and O–H groups in total. The standard InChI is InChI=1S/C14H21ClN2O2/c1-9-4-3-5-11(6-9)8-16-13(18)7-12-10(2)17-19-14(12)15/h9,11H,3-8H2,1-2H3,(H,16,18). The molecule has 0 aliphatic heterocycles. The van der Waals surface area contributed by atoms with Gasteiger partial charge in [-0.15, -0.1) is 0 Å². The Kier molecular flexibility index (Phi) is 4.86. The van der Waals surface area contributed by atoms with Crippen molar-refractivity contribution in [2.45, 2.75) is 46.0 Å². The largest absolute Gasteiger partial charge is 0.356 e. The fourth-order valence-corrected chi connectivity index (χ4v) is 3.02. The zero-order valence-electron chi connectivity index (χ0n) is 11.5. The number of aryl methyl sites for hydroxylation is 1. The summed E-state index contributed by atoms with van der Waals surface area (Å²) < 4.78 is 4.84. The molecule has 5 heteroatoms. The van der Waals surface area contributed by atoms with Crippen molar-refractivity contribution in [1.82, 2.24) is 10.5 Å². The first-order valence-electron chi connectivity index (χ1n) is 6.93. The molecule has 0 saturated heterocycles. The van der Waals surface area contributed by atoms with Gasteiger partial charge in [-0.2, -0.15) is 0 Å². The molecule has 2 atom stereocenters. The summed E-state index contributed by atoms with van der Waals surface area (Å²) in [5.41, 5.74) is 1.38. The monoisotopic (exact) mass is 284 g/mol. The summed E-state index contributed by atoms with van der Waals surface area (Å²) in [7, 11) is 0. The van der Waals surface area contributed by atoms with Gasteiger partial charge in [-0.25, -0.2) is 0 Å². The van der Waals surface area contributed by atoms with Crippen molar-refractivity contribution in [2.75, 3.05) is 6.54 Å². The molecule has 1 amide bonds. The molecular formula is C14H21ClN2O2. The van der Waals surface area contributed by atoms with Gasteiger partial charge in [0.15, 0.2) is 0 Å². The van der Waals surface area contributed by atoms with E-state index in [-0.39, 0.29) is 17.5 Å². The molecule has 1 aromatic heterocycles. The van der Waals surface area contributed by atoms with Gasteiger partial charge in [-0.3, -0.25) is 4.79 Å². The van der Waals surface area contributed by atoms with Crippen molar-refractivity contribution >= 4 is 17.5 Å². The number of carbonyl (C=O) groups excluding carboxylic acids is 1. The number of nitrogens with zero attached hydrogens (tertiary/aromatic N) is 1. The highest BCUT2D eigenvalue weighted by molar-refractivity contribution is 6.29. The topological polar surface area (TPSA) is 55.1 Å². The molecular weight excluding hydrogens is 264 g/mol. The van der Waals surface area contributed by atoms with E-state index < -0.39 is 0 Å². The highest BCUT2D eigenvalue weighted by Gasteiger charge is 2.20. The van der Waals surface area contributed by atoms with Crippen LogP contribution in [0.1, 0.15) is 43.9 Å². The van der Waals surface area contributed by atoms with Gasteiger partial charge in [-0.05, 0) is 43.2 Å². The van der Waals surface area contributed by atoms with Crippen LogP contribution < -0.4 is 5.32 Å². The van der Waals surface area contributed by atoms with E-state index in [0.717, 1.165) is 12.5 Å². The minimum atomic E-state index is -0.00794. The number of carbonyl (C=O) groups is 1. The van der Waals surface area contributed by atoms with Crippen LogP contribution in [-0.2, 0) is 11.2 Å². The lowest BCUT2D eigenvalue weighted by Crippen LogP contribution is -2.32. The fourth-order valence-electron chi connectivity index (χ4n) is 2.78. The molecule has 1 aliphatic rings. The molecule has 0 spiro atoms. The Bertz CT molecular complexity index is 425. The summed E-state index contributed by atoms with van der Waals surface area (Å²) in [5, 5.41) is 6.96. The Morgan fingerprint density at radius 1 is 1.53 bits per heavy atom. The van der Waals surface area contributed by atoms with Gasteiger partial charge < -0.3 is 9.84 Å². The maximum Gasteiger partial charge on any atom is 0.229 e. The second-order valence-corrected chi connectivity index (χ2v) is 5.98. The number of nitrogens with one attached hydrogen (secondary N) is 1. The number of halogens is 1. The Morgan fingerprint density at radius 3 is 2.95 bits per heavy atom. The first-order chi connectivity index (χ1) is 9.06. The smallest absolute Gasteiger partial charge is 0.229 e. The summed E-state index contributed by atoms with van der Waals surface area (Å²) in [6, 6.07) is 0. The summed E-state index contributed by atoms with van der Waals surface area (Å²) in [6.07, 6.45) is 5.28. The molecule has 106 valence electrons. The van der Waals surface area contributed by atoms with E-state index in [1.54, 1.807) is 6.92 Å². The second-order valence-electron chi connectivity index (χ2n) is 5.64. The summed E-state index contributed by atoms with van der Waals surface area (Å²) >= 11 is 5.85. The molecule has 1 fully saturated rings. The lowest BCUT2D eigenvalue weighted by atomic mass is 9.82. The van der Waals surface area contributed by atoms with Crippen LogP contribution in [0.4, 0.5) is 0 Å². The fraction of sp³-hybridized carbons (Fsp3) is 0.714. The third-order valence-electron chi connectivity index (χ3n) is 3.91. The Balaban J connectivity index is 1.79. The predicted molar refractivity (Wildman–Crippen MR) is 74.1 cm³/mol. The third-order valence-corrected chi connectivity index (χ3v) is 4.20. The number of hydrogen-bond acceptors (Lipinski definition) is 3. The zero-order chi connectivity index (χ0) is 13.8. The Morgan fingerprint density at radius 2 is 2.32 bits per heavy atom. The van der Waals surface area contributed by atoms with Crippen molar-refractivity contribution in [3.05, 3.63) is 16.5 Å². The van der Waals surface area contributed by atoms with Crippen LogP contribution in [0.2, 0.25) is 5.22 Å². The van der Waals surface area contributed by atoms with Crippen molar-refractivity contribution in [2.24, 2.45) is 11.8 Å². The average molecular weight is 285 g/mol. The van der Waals surface area contributed by atoms with E-state index in [4.69, 9.17) is 16.1 Å². The SMILES string of the molecule is Cc1noc(Cl)c1CC(=O)NCC1CCCC(C)C1. The molecule has 0 radical (unpaired) electrons. The molecule has 1 saturated carbocycles. The highest BCUT2D eigenvalue weighted by atomic mass is 35.5. The van der Waals surface area contributed by atoms with Gasteiger partial charge >= 0.3 is 0 Å². The van der Waals surface area contributed by atoms with Crippen molar-refractivity contribution < 1.29 is 9.32 Å². The van der Waals surface area contributed by atoms with Gasteiger partial charge in [-0.1, -0.05) is 24.9 Å². The van der Waals surface area contributed by atoms with Gasteiger partial charge in [0.25, 0.3) is 0 Å². The van der Waals surface area contributed by atoms with Gasteiger partial charge in [0, 0.05) is 12.1 Å². The lowest BCUT2D eigenvalue weighted by Gasteiger charge is -2.26. The highest BCUT2D eigenvalue weighted by Crippen LogP contribution is 2.28. The van der Waals surface area contributed by atoms with Crippen LogP contribution in [-0.4, -0.2) is 17.6 Å². The zero-order valence-corrected chi connectivity index (χ0v) is 12.3. The quantitative estimate of drug-likeness (QED) is 0.924. The molecule has 19 heavy (non-hydrogen) atoms. The molecule has 1 aromatic rings. The van der Waals surface area contributed by atoms with E-state index in [1.807, 2.05) is 0 Å². The number of rotatable bonds is 4. The van der Waals surface area contributed by atoms with Crippen LogP contribution in [0.15, 0.2) is 4.52 Å². The molecule has 2 rings (SSSR count). The minimum Gasteiger partial charge on any atom is -0.356 e. The first-order valence-corrected chi connectivity index (χ1v) is 7.31. The maximum absolute atomic E-state index is 11.9. The third kappa shape index (κ3) is 3.96. The summed E-state index contributed by atoms with van der Waals surface area (Å²) in [4.78, 5) is 11.9. The number of aromatic nitrogens is 1. The molecule has 2 unspecified atom stereocenters. The van der Waals surface area contributed by atoms with Gasteiger partial charge in [0.2, 0.25) is 11.1 Å². The Hall–Kier alpha value is -1.03. The number of hydrogen-bond donors (Lipinski definition) is 1. The lowest BCUT2D eigenvalue weighted by molar-refractivity contribution is -0.120. The van der Waals surface area contributed by atoms with Crippen molar-refractivity contribution in [1.29, 1.82) is 0 Å². The average Bonchev–Trinajstić information content (AvgIpc) is 2.68. The van der Waals surface area contributed by atoms with Crippen LogP contribution in [0.5, 0.6) is 0 Å². The van der Waals surface area contributed by atoms with Crippen molar-refractivity contribution in [3.8, 4) is 0 Å². The number of amides is 1. The molecule has 0 aromatic carbocycles. The van der Waals surface area contributed by atoms with Crippen LogP contribution >= 0.6 is 11.6 Å². The summed E-state index contributed by atoms with van der Waals surface area (Å²) in [6.45, 7) is 4.85. The van der Waals surface area contributed by atoms with Crippen LogP contribution in [0, 0.1) is 18.8 Å². The predicted octanol–water partition coefficient (Wildman–Crippen LogP) is 3.12. The molecule has 1 heterocycles. The second kappa shape index (κ2) is 6.42. The molecule has 0 bridgehead atoms. The summed E-state index contributed by atoms with van der Waals surface area (Å²) in [5.74, 6) is 1.39. The van der Waals surface area contributed by atoms with E-state index in [2.05, 4.69) is 17.4 Å². The van der Waals surface area contributed by atoms with Gasteiger partial charge in [0.1, 0.15) is 0 Å². The maximum atomic E-state index is 11.9. The minimum absolute atomic E-state index is 0.00794. The van der Waals surface area contributed by atoms with Crippen LogP contribution in [0.25, 0.3) is 0 Å². The van der Waals surface area contributed by atoms with E-state index in [0.29, 0.717) is 17.2 Å².